The third-order valence-electron chi connectivity index (χ3n) is 2.79. The van der Waals surface area contributed by atoms with Crippen LogP contribution in [0.4, 0.5) is 0 Å². The number of carbonyl (C=O) groups is 3. The first-order chi connectivity index (χ1) is 11.8. The van der Waals surface area contributed by atoms with Gasteiger partial charge in [0.25, 0.3) is 5.91 Å². The van der Waals surface area contributed by atoms with Crippen LogP contribution >= 0.6 is 27.7 Å². The fourth-order valence-corrected chi connectivity index (χ4v) is 3.30. The molecule has 1 aliphatic rings. The average Bonchev–Trinajstić information content (AvgIpc) is 2.84. The number of methoxy groups -OCH3 is 1. The highest BCUT2D eigenvalue weighted by atomic mass is 79.9. The van der Waals surface area contributed by atoms with Crippen LogP contribution in [0.2, 0.25) is 0 Å². The summed E-state index contributed by atoms with van der Waals surface area (Å²) < 4.78 is 10.9. The van der Waals surface area contributed by atoms with Gasteiger partial charge in [0.2, 0.25) is 5.91 Å². The van der Waals surface area contributed by atoms with Crippen molar-refractivity contribution in [2.24, 2.45) is 4.99 Å². The predicted octanol–water partition coefficient (Wildman–Crippen LogP) is 2.03. The maximum atomic E-state index is 11.9. The maximum absolute atomic E-state index is 11.9. The number of rotatable bonds is 5. The van der Waals surface area contributed by atoms with Crippen molar-refractivity contribution in [3.8, 4) is 11.5 Å². The Labute approximate surface area is 155 Å². The molecule has 2 amide bonds. The first-order valence-electron chi connectivity index (χ1n) is 6.82. The molecule has 0 saturated heterocycles. The molecule has 8 nitrogen and oxygen atoms in total. The quantitative estimate of drug-likeness (QED) is 0.689. The van der Waals surface area contributed by atoms with Gasteiger partial charge in [0.15, 0.2) is 23.3 Å². The lowest BCUT2D eigenvalue weighted by molar-refractivity contribution is -0.139. The smallest absolute Gasteiger partial charge is 0.341 e. The van der Waals surface area contributed by atoms with Gasteiger partial charge in [0, 0.05) is 6.92 Å². The van der Waals surface area contributed by atoms with Gasteiger partial charge in [-0.15, -0.1) is 0 Å². The van der Waals surface area contributed by atoms with E-state index in [0.717, 1.165) is 11.8 Å². The first kappa shape index (κ1) is 19.0. The molecule has 0 bridgehead atoms. The van der Waals surface area contributed by atoms with Crippen molar-refractivity contribution in [1.82, 2.24) is 5.32 Å². The average molecular weight is 429 g/mol. The molecule has 2 rings (SSSR count). The fraction of sp³-hybridized carbons (Fsp3) is 0.200. The number of aliphatic carboxylic acids is 1. The molecule has 0 radical (unpaired) electrons. The van der Waals surface area contributed by atoms with E-state index in [4.69, 9.17) is 14.6 Å². The summed E-state index contributed by atoms with van der Waals surface area (Å²) in [6, 6.07) is 3.25. The summed E-state index contributed by atoms with van der Waals surface area (Å²) in [5.41, 5.74) is 0.613. The van der Waals surface area contributed by atoms with Crippen molar-refractivity contribution >= 4 is 56.7 Å². The summed E-state index contributed by atoms with van der Waals surface area (Å²) in [7, 11) is 1.42. The number of thioether (sulfide) groups is 1. The Morgan fingerprint density at radius 3 is 2.76 bits per heavy atom. The molecule has 1 aliphatic heterocycles. The summed E-state index contributed by atoms with van der Waals surface area (Å²) in [5.74, 6) is -1.34. The van der Waals surface area contributed by atoms with E-state index in [1.165, 1.54) is 14.0 Å². The zero-order valence-electron chi connectivity index (χ0n) is 13.2. The minimum atomic E-state index is -1.12. The molecule has 0 atom stereocenters. The van der Waals surface area contributed by atoms with Crippen LogP contribution < -0.4 is 14.8 Å². The van der Waals surface area contributed by atoms with E-state index >= 15 is 0 Å². The van der Waals surface area contributed by atoms with E-state index in [2.05, 4.69) is 26.2 Å². The second-order valence-electron chi connectivity index (χ2n) is 4.73. The third-order valence-corrected chi connectivity index (χ3v) is 4.28. The SMILES string of the molecule is COc1cc(C=C2SC(NC(C)=O)=NC2=O)cc(Br)c1OCC(=O)O. The number of nitrogens with one attached hydrogen (secondary N) is 1. The fourth-order valence-electron chi connectivity index (χ4n) is 1.86. The zero-order chi connectivity index (χ0) is 18.6. The molecule has 0 saturated carbocycles. The number of halogens is 1. The standard InChI is InChI=1S/C15H13BrN2O6S/c1-7(19)17-15-18-14(22)11(25-15)5-8-3-9(16)13(10(4-8)23-2)24-6-12(20)21/h3-5H,6H2,1-2H3,(H,20,21)(H,17,18,19,22). The number of carboxylic acids is 1. The Morgan fingerprint density at radius 2 is 2.16 bits per heavy atom. The highest BCUT2D eigenvalue weighted by Gasteiger charge is 2.23. The van der Waals surface area contributed by atoms with E-state index in [-0.39, 0.29) is 16.8 Å². The molecule has 0 unspecified atom stereocenters. The second kappa shape index (κ2) is 8.17. The Kier molecular flexibility index (Phi) is 6.21. The van der Waals surface area contributed by atoms with E-state index in [0.29, 0.717) is 20.7 Å². The Morgan fingerprint density at radius 1 is 1.44 bits per heavy atom. The van der Waals surface area contributed by atoms with E-state index < -0.39 is 18.5 Å². The normalized spacial score (nSPS) is 15.1. The number of hydrogen-bond donors (Lipinski definition) is 2. The van der Waals surface area contributed by atoms with Crippen molar-refractivity contribution in [1.29, 1.82) is 0 Å². The highest BCUT2D eigenvalue weighted by Crippen LogP contribution is 2.38. The number of hydrogen-bond acceptors (Lipinski definition) is 6. The van der Waals surface area contributed by atoms with Gasteiger partial charge in [-0.25, -0.2) is 4.79 Å². The van der Waals surface area contributed by atoms with Crippen molar-refractivity contribution in [2.45, 2.75) is 6.92 Å². The molecule has 2 N–H and O–H groups in total. The van der Waals surface area contributed by atoms with Crippen molar-refractivity contribution in [3.63, 3.8) is 0 Å². The lowest BCUT2D eigenvalue weighted by Crippen LogP contribution is -2.23. The summed E-state index contributed by atoms with van der Waals surface area (Å²) in [5, 5.41) is 11.4. The number of carbonyl (C=O) groups excluding carboxylic acids is 2. The van der Waals surface area contributed by atoms with Crippen LogP contribution in [0.1, 0.15) is 12.5 Å². The molecule has 25 heavy (non-hydrogen) atoms. The molecule has 1 heterocycles. The van der Waals surface area contributed by atoms with Crippen LogP contribution in [-0.2, 0) is 14.4 Å². The van der Waals surface area contributed by atoms with Crippen LogP contribution in [0.15, 0.2) is 26.5 Å². The molecule has 1 aromatic rings. The minimum Gasteiger partial charge on any atom is -0.493 e. The van der Waals surface area contributed by atoms with Gasteiger partial charge >= 0.3 is 5.97 Å². The van der Waals surface area contributed by atoms with Gasteiger partial charge < -0.3 is 19.9 Å². The molecule has 0 aromatic heterocycles. The molecule has 0 fully saturated rings. The summed E-state index contributed by atoms with van der Waals surface area (Å²) in [6.07, 6.45) is 1.58. The number of ether oxygens (including phenoxy) is 2. The lowest BCUT2D eigenvalue weighted by atomic mass is 10.2. The van der Waals surface area contributed by atoms with Gasteiger partial charge in [0.1, 0.15) is 0 Å². The molecule has 0 spiro atoms. The Bertz CT molecular complexity index is 805. The van der Waals surface area contributed by atoms with Crippen LogP contribution in [0.25, 0.3) is 6.08 Å². The minimum absolute atomic E-state index is 0.219. The first-order valence-corrected chi connectivity index (χ1v) is 8.43. The van der Waals surface area contributed by atoms with Gasteiger partial charge in [-0.3, -0.25) is 9.59 Å². The Hall–Kier alpha value is -2.33. The van der Waals surface area contributed by atoms with E-state index in [9.17, 15) is 14.4 Å². The lowest BCUT2D eigenvalue weighted by Gasteiger charge is -2.12. The molecule has 10 heteroatoms. The van der Waals surface area contributed by atoms with Crippen LogP contribution in [0.5, 0.6) is 11.5 Å². The van der Waals surface area contributed by atoms with Gasteiger partial charge in [-0.2, -0.15) is 4.99 Å². The van der Waals surface area contributed by atoms with Gasteiger partial charge in [-0.05, 0) is 51.5 Å². The number of amides is 2. The largest absolute Gasteiger partial charge is 0.493 e. The van der Waals surface area contributed by atoms with Gasteiger partial charge in [-0.1, -0.05) is 0 Å². The third kappa shape index (κ3) is 5.07. The zero-order valence-corrected chi connectivity index (χ0v) is 15.6. The van der Waals surface area contributed by atoms with E-state index in [1.807, 2.05) is 0 Å². The van der Waals surface area contributed by atoms with Crippen molar-refractivity contribution in [3.05, 3.63) is 27.1 Å². The number of benzene rings is 1. The number of nitrogens with zero attached hydrogens (tertiary/aromatic N) is 1. The van der Waals surface area contributed by atoms with Crippen LogP contribution in [0.3, 0.4) is 0 Å². The molecule has 1 aromatic carbocycles. The molecular formula is C15H13BrN2O6S. The molecule has 0 aliphatic carbocycles. The van der Waals surface area contributed by atoms with E-state index in [1.54, 1.807) is 18.2 Å². The monoisotopic (exact) mass is 428 g/mol. The molecule has 132 valence electrons. The highest BCUT2D eigenvalue weighted by molar-refractivity contribution is 9.10. The number of aliphatic imine (C=N–C) groups is 1. The summed E-state index contributed by atoms with van der Waals surface area (Å²) in [4.78, 5) is 37.7. The molecular weight excluding hydrogens is 416 g/mol. The van der Waals surface area contributed by atoms with Crippen LogP contribution in [0, 0.1) is 0 Å². The van der Waals surface area contributed by atoms with Crippen LogP contribution in [-0.4, -0.2) is 41.8 Å². The topological polar surface area (TPSA) is 114 Å². The summed E-state index contributed by atoms with van der Waals surface area (Å²) in [6.45, 7) is 0.810. The Balaban J connectivity index is 2.26. The number of amidine groups is 1. The second-order valence-corrected chi connectivity index (χ2v) is 6.62. The van der Waals surface area contributed by atoms with Crippen molar-refractivity contribution in [2.75, 3.05) is 13.7 Å². The number of carboxylic acid groups (broad SMARTS) is 1. The van der Waals surface area contributed by atoms with Gasteiger partial charge in [0.05, 0.1) is 16.5 Å². The predicted molar refractivity (Wildman–Crippen MR) is 95.7 cm³/mol. The summed E-state index contributed by atoms with van der Waals surface area (Å²) >= 11 is 4.34. The maximum Gasteiger partial charge on any atom is 0.341 e. The van der Waals surface area contributed by atoms with Crippen molar-refractivity contribution < 1.29 is 29.0 Å².